The van der Waals surface area contributed by atoms with Gasteiger partial charge in [-0.15, -0.1) is 21.5 Å². The number of nitrogens with zero attached hydrogens (tertiary/aromatic N) is 6. The van der Waals surface area contributed by atoms with Gasteiger partial charge in [0.05, 0.1) is 39.4 Å². The first-order chi connectivity index (χ1) is 28.4. The third-order valence-corrected chi connectivity index (χ3v) is 12.2. The maximum absolute atomic E-state index is 14.1. The molecule has 2 saturated heterocycles. The van der Waals surface area contributed by atoms with Crippen LogP contribution in [0.2, 0.25) is 0 Å². The van der Waals surface area contributed by atoms with E-state index in [0.29, 0.717) is 24.3 Å². The van der Waals surface area contributed by atoms with E-state index < -0.39 is 18.1 Å². The van der Waals surface area contributed by atoms with Crippen molar-refractivity contribution < 1.29 is 33.9 Å². The van der Waals surface area contributed by atoms with Crippen LogP contribution in [0.25, 0.3) is 32.6 Å². The Morgan fingerprint density at radius 1 is 0.983 bits per heavy atom. The molecule has 2 aliphatic heterocycles. The Morgan fingerprint density at radius 2 is 1.76 bits per heavy atom. The summed E-state index contributed by atoms with van der Waals surface area (Å²) in [6.07, 6.45) is -0.752. The SMILES string of the molecule is Cc1ncsc1-c1ccc(C(C)NC(=O)[C@@H]2C[C@@H](O)CN2C(=O)C(c2cc(OCC(=O)N3CC(c4ccc5nnc(-c6ccccc6O)cc5c4)C3)no2)C(C)C)cc1. The number of aromatic nitrogens is 4. The lowest BCUT2D eigenvalue weighted by Gasteiger charge is -2.39. The van der Waals surface area contributed by atoms with Gasteiger partial charge in [0.1, 0.15) is 17.7 Å². The molecule has 0 saturated carbocycles. The second-order valence-electron chi connectivity index (χ2n) is 15.7. The predicted octanol–water partition coefficient (Wildman–Crippen LogP) is 6.01. The molecule has 3 aromatic heterocycles. The number of rotatable bonds is 12. The number of aryl methyl sites for hydroxylation is 1. The number of thiazole rings is 1. The second kappa shape index (κ2) is 16.6. The molecule has 2 fully saturated rings. The molecular formula is C44H45N7O7S. The third kappa shape index (κ3) is 8.25. The van der Waals surface area contributed by atoms with Crippen molar-refractivity contribution >= 4 is 40.0 Å². The van der Waals surface area contributed by atoms with Gasteiger partial charge in [-0.05, 0) is 71.9 Å². The number of aliphatic hydroxyl groups is 1. The minimum Gasteiger partial charge on any atom is -0.507 e. The first-order valence-electron chi connectivity index (χ1n) is 19.7. The van der Waals surface area contributed by atoms with E-state index in [0.717, 1.165) is 38.2 Å². The number of hydrogen-bond donors (Lipinski definition) is 3. The van der Waals surface area contributed by atoms with Crippen LogP contribution >= 0.6 is 11.3 Å². The fraction of sp³-hybridized carbons (Fsp3) is 0.341. The van der Waals surface area contributed by atoms with Gasteiger partial charge in [0.25, 0.3) is 11.8 Å². The highest BCUT2D eigenvalue weighted by Gasteiger charge is 2.43. The van der Waals surface area contributed by atoms with Crippen LogP contribution in [-0.4, -0.2) is 96.5 Å². The number of carbonyl (C=O) groups excluding carboxylic acids is 3. The Labute approximate surface area is 344 Å². The summed E-state index contributed by atoms with van der Waals surface area (Å²) in [5.74, 6) is -1.41. The maximum atomic E-state index is 14.1. The van der Waals surface area contributed by atoms with E-state index in [-0.39, 0.29) is 72.6 Å². The molecule has 0 bridgehead atoms. The van der Waals surface area contributed by atoms with Crippen molar-refractivity contribution in [1.82, 2.24) is 35.5 Å². The lowest BCUT2D eigenvalue weighted by molar-refractivity contribution is -0.141. The molecule has 0 radical (unpaired) electrons. The molecule has 3 N–H and O–H groups in total. The number of aromatic hydroxyl groups is 1. The van der Waals surface area contributed by atoms with Gasteiger partial charge in [0.2, 0.25) is 11.8 Å². The summed E-state index contributed by atoms with van der Waals surface area (Å²) in [5.41, 5.74) is 7.71. The molecule has 8 rings (SSSR count). The lowest BCUT2D eigenvalue weighted by Crippen LogP contribution is -2.50. The summed E-state index contributed by atoms with van der Waals surface area (Å²) in [6, 6.07) is 23.1. The minimum absolute atomic E-state index is 0.00677. The molecule has 3 amide bonds. The highest BCUT2D eigenvalue weighted by molar-refractivity contribution is 7.13. The summed E-state index contributed by atoms with van der Waals surface area (Å²) >= 11 is 1.58. The molecule has 0 aliphatic carbocycles. The molecule has 304 valence electrons. The number of likely N-dealkylation sites (tertiary alicyclic amines) is 2. The zero-order valence-corrected chi connectivity index (χ0v) is 33.9. The predicted molar refractivity (Wildman–Crippen MR) is 221 cm³/mol. The van der Waals surface area contributed by atoms with Crippen molar-refractivity contribution in [2.75, 3.05) is 26.2 Å². The van der Waals surface area contributed by atoms with Crippen molar-refractivity contribution in [2.24, 2.45) is 5.92 Å². The number of ether oxygens (including phenoxy) is 1. The van der Waals surface area contributed by atoms with Gasteiger partial charge in [-0.3, -0.25) is 14.4 Å². The number of nitrogens with one attached hydrogen (secondary N) is 1. The highest BCUT2D eigenvalue weighted by atomic mass is 32.1. The number of β-amino-alcohol motifs (C(OH)–C–C–N with tert-alkyl or cyclic N) is 1. The molecule has 6 aromatic rings. The fourth-order valence-electron chi connectivity index (χ4n) is 7.86. The van der Waals surface area contributed by atoms with Crippen LogP contribution in [-0.2, 0) is 14.4 Å². The van der Waals surface area contributed by atoms with Crippen molar-refractivity contribution in [3.8, 4) is 33.3 Å². The second-order valence-corrected chi connectivity index (χ2v) is 16.5. The van der Waals surface area contributed by atoms with Crippen LogP contribution < -0.4 is 10.1 Å². The first kappa shape index (κ1) is 39.6. The van der Waals surface area contributed by atoms with Gasteiger partial charge < -0.3 is 34.6 Å². The zero-order valence-electron chi connectivity index (χ0n) is 33.1. The molecule has 0 spiro atoms. The number of phenols is 1. The molecule has 59 heavy (non-hydrogen) atoms. The topological polar surface area (TPSA) is 184 Å². The summed E-state index contributed by atoms with van der Waals surface area (Å²) in [4.78, 5) is 49.4. The van der Waals surface area contributed by atoms with Crippen LogP contribution in [0.3, 0.4) is 0 Å². The van der Waals surface area contributed by atoms with E-state index in [4.69, 9.17) is 9.26 Å². The molecule has 3 aromatic carbocycles. The standard InChI is InChI=1S/C44H45N7O7S/c1-24(2)41(44(56)51-21-32(52)17-36(51)43(55)46-25(3)27-9-11-28(12-10-27)42-26(4)45-23-59-42)38-18-39(49-58-38)57-22-40(54)50-19-31(20-50)29-13-14-34-30(15-29)16-35(48-47-34)33-7-5-6-8-37(33)53/h5-16,18,23-25,31-32,36,41,52-53H,17,19-22H2,1-4H3,(H,46,55)/t25?,32-,36+,41?/m1/s1. The Morgan fingerprint density at radius 3 is 2.49 bits per heavy atom. The quantitative estimate of drug-likeness (QED) is 0.132. The molecule has 2 unspecified atom stereocenters. The molecular weight excluding hydrogens is 771 g/mol. The molecule has 4 atom stereocenters. The number of hydrogen-bond acceptors (Lipinski definition) is 12. The Bertz CT molecular complexity index is 2500. The number of phenolic OH excluding ortho intramolecular Hbond substituents is 1. The number of fused-ring (bicyclic) bond motifs is 1. The minimum atomic E-state index is -0.874. The van der Waals surface area contributed by atoms with Crippen molar-refractivity contribution in [3.05, 3.63) is 107 Å². The van der Waals surface area contributed by atoms with E-state index in [2.05, 4.69) is 25.7 Å². The highest BCUT2D eigenvalue weighted by Crippen LogP contribution is 2.35. The summed E-state index contributed by atoms with van der Waals surface area (Å²) in [5, 5.41) is 37.5. The van der Waals surface area contributed by atoms with Crippen LogP contribution in [0.1, 0.15) is 67.7 Å². The smallest absolute Gasteiger partial charge is 0.260 e. The van der Waals surface area contributed by atoms with Crippen molar-refractivity contribution in [2.45, 2.75) is 64.1 Å². The van der Waals surface area contributed by atoms with Crippen LogP contribution in [0.4, 0.5) is 0 Å². The Balaban J connectivity index is 0.859. The van der Waals surface area contributed by atoms with E-state index in [9.17, 15) is 24.6 Å². The molecule has 15 heteroatoms. The van der Waals surface area contributed by atoms with Gasteiger partial charge in [-0.2, -0.15) is 0 Å². The number of para-hydroxylation sites is 1. The zero-order chi connectivity index (χ0) is 41.4. The molecule has 14 nitrogen and oxygen atoms in total. The molecule has 2 aliphatic rings. The molecule has 5 heterocycles. The maximum Gasteiger partial charge on any atom is 0.260 e. The number of aliphatic hydroxyl groups excluding tert-OH is 1. The largest absolute Gasteiger partial charge is 0.507 e. The number of amides is 3. The van der Waals surface area contributed by atoms with Gasteiger partial charge in [0, 0.05) is 49.0 Å². The summed E-state index contributed by atoms with van der Waals surface area (Å²) in [7, 11) is 0. The normalized spacial score (nSPS) is 17.9. The Hall–Kier alpha value is -6.19. The summed E-state index contributed by atoms with van der Waals surface area (Å²) in [6.45, 7) is 8.37. The average Bonchev–Trinajstić information content (AvgIpc) is 3.96. The van der Waals surface area contributed by atoms with Gasteiger partial charge in [-0.25, -0.2) is 4.98 Å². The monoisotopic (exact) mass is 815 g/mol. The van der Waals surface area contributed by atoms with Crippen LogP contribution in [0, 0.1) is 12.8 Å². The Kier molecular flexibility index (Phi) is 11.1. The van der Waals surface area contributed by atoms with E-state index in [1.807, 2.05) is 87.8 Å². The lowest BCUT2D eigenvalue weighted by atomic mass is 9.90. The van der Waals surface area contributed by atoms with E-state index in [1.165, 1.54) is 11.0 Å². The summed E-state index contributed by atoms with van der Waals surface area (Å²) < 4.78 is 11.3. The third-order valence-electron chi connectivity index (χ3n) is 11.2. The van der Waals surface area contributed by atoms with E-state index in [1.54, 1.807) is 34.4 Å². The van der Waals surface area contributed by atoms with Crippen molar-refractivity contribution in [1.29, 1.82) is 0 Å². The van der Waals surface area contributed by atoms with E-state index >= 15 is 0 Å². The van der Waals surface area contributed by atoms with Gasteiger partial charge in [0.15, 0.2) is 12.4 Å². The fourth-order valence-corrected chi connectivity index (χ4v) is 8.67. The van der Waals surface area contributed by atoms with Gasteiger partial charge in [-0.1, -0.05) is 56.3 Å². The average molecular weight is 816 g/mol. The number of carbonyl (C=O) groups is 3. The van der Waals surface area contributed by atoms with Crippen LogP contribution in [0.15, 0.2) is 88.9 Å². The van der Waals surface area contributed by atoms with Crippen molar-refractivity contribution in [3.63, 3.8) is 0 Å². The first-order valence-corrected chi connectivity index (χ1v) is 20.5. The van der Waals surface area contributed by atoms with Crippen LogP contribution in [0.5, 0.6) is 11.6 Å². The number of benzene rings is 3. The van der Waals surface area contributed by atoms with Gasteiger partial charge >= 0.3 is 0 Å².